The van der Waals surface area contributed by atoms with Crippen LogP contribution < -0.4 is 16.0 Å². The molecule has 188 valence electrons. The molecule has 0 bridgehead atoms. The van der Waals surface area contributed by atoms with E-state index in [4.69, 9.17) is 4.74 Å². The Kier molecular flexibility index (Phi) is 7.99. The summed E-state index contributed by atoms with van der Waals surface area (Å²) in [4.78, 5) is 44.0. The van der Waals surface area contributed by atoms with E-state index in [2.05, 4.69) is 27.9 Å². The van der Waals surface area contributed by atoms with Crippen LogP contribution in [-0.2, 0) is 14.3 Å². The third kappa shape index (κ3) is 6.94. The van der Waals surface area contributed by atoms with E-state index in [0.29, 0.717) is 29.5 Å². The number of likely N-dealkylation sites (tertiary alicyclic amines) is 1. The Hall–Kier alpha value is -3.62. The molecule has 9 nitrogen and oxygen atoms in total. The van der Waals surface area contributed by atoms with Gasteiger partial charge in [-0.15, -0.1) is 0 Å². The molecular weight excluding hydrogens is 446 g/mol. The molecule has 1 aliphatic heterocycles. The van der Waals surface area contributed by atoms with Gasteiger partial charge in [-0.25, -0.2) is 9.78 Å². The molecule has 2 aromatic rings. The van der Waals surface area contributed by atoms with Crippen molar-refractivity contribution in [2.45, 2.75) is 59.1 Å². The Balaban J connectivity index is 1.71. The van der Waals surface area contributed by atoms with E-state index in [-0.39, 0.29) is 6.04 Å². The maximum absolute atomic E-state index is 13.2. The molecule has 0 saturated carbocycles. The Morgan fingerprint density at radius 1 is 1.09 bits per heavy atom. The molecule has 0 aliphatic carbocycles. The first-order valence-electron chi connectivity index (χ1n) is 11.8. The Bertz CT molecular complexity index is 1100. The molecule has 3 rings (SSSR count). The first-order chi connectivity index (χ1) is 16.5. The Labute approximate surface area is 206 Å². The number of aryl methyl sites for hydroxylation is 1. The van der Waals surface area contributed by atoms with Crippen molar-refractivity contribution in [1.29, 1.82) is 0 Å². The lowest BCUT2D eigenvalue weighted by Gasteiger charge is -2.38. The zero-order chi connectivity index (χ0) is 25.8. The molecule has 1 aliphatic rings. The van der Waals surface area contributed by atoms with Crippen molar-refractivity contribution in [3.8, 4) is 0 Å². The van der Waals surface area contributed by atoms with Crippen LogP contribution in [0.1, 0.15) is 57.7 Å². The molecule has 0 unspecified atom stereocenters. The van der Waals surface area contributed by atoms with Crippen LogP contribution in [0.25, 0.3) is 0 Å². The number of hydrogen-bond acceptors (Lipinski definition) is 6. The molecule has 1 saturated heterocycles. The van der Waals surface area contributed by atoms with Gasteiger partial charge in [0.2, 0.25) is 0 Å². The zero-order valence-corrected chi connectivity index (χ0v) is 21.3. The SMILES string of the molecule is CNc1cccc([C@H]2CC[C@H](C)CN2C(=O)C(=O)Nc2cnc(NC(=O)OC(C)(C)C)c(C)c2)c1. The highest BCUT2D eigenvalue weighted by Gasteiger charge is 2.34. The summed E-state index contributed by atoms with van der Waals surface area (Å²) in [5.41, 5.74) is 2.31. The van der Waals surface area contributed by atoms with Gasteiger partial charge in [-0.1, -0.05) is 19.1 Å². The van der Waals surface area contributed by atoms with Crippen LogP contribution >= 0.6 is 0 Å². The van der Waals surface area contributed by atoms with Gasteiger partial charge in [0.25, 0.3) is 0 Å². The lowest BCUT2D eigenvalue weighted by molar-refractivity contribution is -0.146. The minimum atomic E-state index is -0.720. The number of nitrogens with zero attached hydrogens (tertiary/aromatic N) is 2. The number of pyridine rings is 1. The molecule has 2 heterocycles. The number of aromatic nitrogens is 1. The number of piperidine rings is 1. The lowest BCUT2D eigenvalue weighted by atomic mass is 9.89. The third-order valence-corrected chi connectivity index (χ3v) is 5.79. The summed E-state index contributed by atoms with van der Waals surface area (Å²) >= 11 is 0. The van der Waals surface area contributed by atoms with Crippen molar-refractivity contribution < 1.29 is 19.1 Å². The first kappa shape index (κ1) is 26.0. The summed E-state index contributed by atoms with van der Waals surface area (Å²) in [6.07, 6.45) is 2.55. The number of carbonyl (C=O) groups excluding carboxylic acids is 3. The number of amides is 3. The van der Waals surface area contributed by atoms with Crippen molar-refractivity contribution in [3.05, 3.63) is 47.7 Å². The van der Waals surface area contributed by atoms with Gasteiger partial charge in [0, 0.05) is 19.3 Å². The van der Waals surface area contributed by atoms with Crippen molar-refractivity contribution in [2.24, 2.45) is 5.92 Å². The highest BCUT2D eigenvalue weighted by atomic mass is 16.6. The summed E-state index contributed by atoms with van der Waals surface area (Å²) < 4.78 is 5.25. The number of benzene rings is 1. The van der Waals surface area contributed by atoms with Gasteiger partial charge >= 0.3 is 17.9 Å². The molecule has 9 heteroatoms. The minimum Gasteiger partial charge on any atom is -0.444 e. The Morgan fingerprint density at radius 2 is 1.83 bits per heavy atom. The average Bonchev–Trinajstić information content (AvgIpc) is 2.79. The fourth-order valence-corrected chi connectivity index (χ4v) is 4.11. The topological polar surface area (TPSA) is 113 Å². The van der Waals surface area contributed by atoms with E-state index in [1.807, 2.05) is 31.3 Å². The van der Waals surface area contributed by atoms with Gasteiger partial charge in [-0.05, 0) is 75.8 Å². The lowest BCUT2D eigenvalue weighted by Crippen LogP contribution is -2.46. The van der Waals surface area contributed by atoms with Gasteiger partial charge in [0.1, 0.15) is 11.4 Å². The maximum atomic E-state index is 13.2. The van der Waals surface area contributed by atoms with Crippen LogP contribution in [0.5, 0.6) is 0 Å². The maximum Gasteiger partial charge on any atom is 0.413 e. The summed E-state index contributed by atoms with van der Waals surface area (Å²) in [6, 6.07) is 9.40. The van der Waals surface area contributed by atoms with Crippen LogP contribution in [0.2, 0.25) is 0 Å². The molecule has 3 N–H and O–H groups in total. The average molecular weight is 482 g/mol. The number of nitrogens with one attached hydrogen (secondary N) is 3. The highest BCUT2D eigenvalue weighted by Crippen LogP contribution is 2.34. The van der Waals surface area contributed by atoms with Crippen LogP contribution in [0.4, 0.5) is 22.0 Å². The van der Waals surface area contributed by atoms with Gasteiger partial charge in [0.15, 0.2) is 0 Å². The van der Waals surface area contributed by atoms with Crippen molar-refractivity contribution in [3.63, 3.8) is 0 Å². The van der Waals surface area contributed by atoms with Gasteiger partial charge < -0.3 is 20.3 Å². The smallest absolute Gasteiger partial charge is 0.413 e. The molecule has 35 heavy (non-hydrogen) atoms. The normalized spacial score (nSPS) is 17.9. The van der Waals surface area contributed by atoms with E-state index >= 15 is 0 Å². The number of ether oxygens (including phenoxy) is 1. The summed E-state index contributed by atoms with van der Waals surface area (Å²) in [5.74, 6) is -0.677. The first-order valence-corrected chi connectivity index (χ1v) is 11.8. The Morgan fingerprint density at radius 3 is 2.49 bits per heavy atom. The number of rotatable bonds is 4. The molecule has 2 atom stereocenters. The second-order valence-electron chi connectivity index (χ2n) is 10.0. The summed E-state index contributed by atoms with van der Waals surface area (Å²) in [5, 5.41) is 8.38. The second-order valence-corrected chi connectivity index (χ2v) is 10.0. The third-order valence-electron chi connectivity index (χ3n) is 5.79. The van der Waals surface area contributed by atoms with Crippen LogP contribution in [0.15, 0.2) is 36.5 Å². The fraction of sp³-hybridized carbons (Fsp3) is 0.462. The monoisotopic (exact) mass is 481 g/mol. The predicted molar refractivity (Wildman–Crippen MR) is 136 cm³/mol. The number of carbonyl (C=O) groups is 3. The van der Waals surface area contributed by atoms with Crippen molar-refractivity contribution >= 4 is 35.1 Å². The second kappa shape index (κ2) is 10.8. The molecule has 0 radical (unpaired) electrons. The molecule has 3 amide bonds. The standard InChI is InChI=1S/C26H35N5O4/c1-16-10-11-21(18-8-7-9-19(13-18)27-6)31(15-16)24(33)23(32)29-20-12-17(2)22(28-14-20)30-25(34)35-26(3,4)5/h7-9,12-14,16,21,27H,10-11,15H2,1-6H3,(H,29,32)(H,28,30,34)/t16-,21+/m0/s1. The molecule has 0 spiro atoms. The number of anilines is 3. The molecular formula is C26H35N5O4. The largest absolute Gasteiger partial charge is 0.444 e. The van der Waals surface area contributed by atoms with E-state index < -0.39 is 23.5 Å². The van der Waals surface area contributed by atoms with E-state index in [0.717, 1.165) is 24.1 Å². The summed E-state index contributed by atoms with van der Waals surface area (Å²) in [7, 11) is 1.85. The zero-order valence-electron chi connectivity index (χ0n) is 21.3. The van der Waals surface area contributed by atoms with Gasteiger partial charge in [-0.3, -0.25) is 14.9 Å². The fourth-order valence-electron chi connectivity index (χ4n) is 4.11. The minimum absolute atomic E-state index is 0.169. The van der Waals surface area contributed by atoms with E-state index in [9.17, 15) is 14.4 Å². The molecule has 1 aromatic carbocycles. The van der Waals surface area contributed by atoms with Gasteiger partial charge in [-0.2, -0.15) is 0 Å². The van der Waals surface area contributed by atoms with Crippen LogP contribution in [0, 0.1) is 12.8 Å². The summed E-state index contributed by atoms with van der Waals surface area (Å²) in [6.45, 7) is 9.65. The van der Waals surface area contributed by atoms with Crippen LogP contribution in [0.3, 0.4) is 0 Å². The van der Waals surface area contributed by atoms with Gasteiger partial charge in [0.05, 0.1) is 17.9 Å². The predicted octanol–water partition coefficient (Wildman–Crippen LogP) is 4.72. The highest BCUT2D eigenvalue weighted by molar-refractivity contribution is 6.39. The van der Waals surface area contributed by atoms with E-state index in [1.54, 1.807) is 38.7 Å². The van der Waals surface area contributed by atoms with Crippen molar-refractivity contribution in [1.82, 2.24) is 9.88 Å². The van der Waals surface area contributed by atoms with Crippen molar-refractivity contribution in [2.75, 3.05) is 29.5 Å². The van der Waals surface area contributed by atoms with E-state index in [1.165, 1.54) is 6.20 Å². The number of hydrogen-bond donors (Lipinski definition) is 3. The molecule has 1 aromatic heterocycles. The molecule has 1 fully saturated rings. The van der Waals surface area contributed by atoms with Crippen LogP contribution in [-0.4, -0.2) is 47.0 Å². The quantitative estimate of drug-likeness (QED) is 0.545.